The second-order valence-corrected chi connectivity index (χ2v) is 11.7. The van der Waals surface area contributed by atoms with Crippen LogP contribution in [0.3, 0.4) is 0 Å². The third kappa shape index (κ3) is 9.35. The number of sulfonamides is 1. The smallest absolute Gasteiger partial charge is 0.242 e. The van der Waals surface area contributed by atoms with Crippen molar-refractivity contribution in [3.8, 4) is 0 Å². The summed E-state index contributed by atoms with van der Waals surface area (Å²) in [7, 11) is -3.58. The number of halogens is 2. The Morgan fingerprint density at radius 1 is 1.00 bits per heavy atom. The van der Waals surface area contributed by atoms with E-state index < -0.39 is 16.1 Å². The molecule has 0 spiro atoms. The van der Waals surface area contributed by atoms with E-state index in [4.69, 9.17) is 23.2 Å². The molecule has 0 aliphatic heterocycles. The monoisotopic (exact) mass is 541 g/mol. The number of benzene rings is 2. The highest BCUT2D eigenvalue weighted by molar-refractivity contribution is 7.92. The molecule has 0 fully saturated rings. The summed E-state index contributed by atoms with van der Waals surface area (Å²) in [6.45, 7) is 6.53. The predicted octanol–water partition coefficient (Wildman–Crippen LogP) is 4.73. The van der Waals surface area contributed by atoms with Crippen LogP contribution in [0.2, 0.25) is 10.0 Å². The highest BCUT2D eigenvalue weighted by atomic mass is 35.5. The maximum absolute atomic E-state index is 13.3. The number of carbonyl (C=O) groups excluding carboxylic acids is 2. The Bertz CT molecular complexity index is 1110. The van der Waals surface area contributed by atoms with Gasteiger partial charge in [0.05, 0.1) is 11.9 Å². The quantitative estimate of drug-likeness (QED) is 0.420. The molecule has 0 aromatic heterocycles. The number of hydrogen-bond acceptors (Lipinski definition) is 4. The zero-order valence-electron chi connectivity index (χ0n) is 20.5. The van der Waals surface area contributed by atoms with Gasteiger partial charge in [-0.3, -0.25) is 13.9 Å². The Kier molecular flexibility index (Phi) is 10.9. The highest BCUT2D eigenvalue weighted by Crippen LogP contribution is 2.23. The molecule has 0 aliphatic carbocycles. The van der Waals surface area contributed by atoms with Crippen molar-refractivity contribution in [2.75, 3.05) is 23.7 Å². The molecule has 2 amide bonds. The molecule has 0 saturated carbocycles. The van der Waals surface area contributed by atoms with Crippen LogP contribution in [0.1, 0.15) is 39.2 Å². The zero-order chi connectivity index (χ0) is 26.2. The first-order valence-corrected chi connectivity index (χ1v) is 14.0. The lowest BCUT2D eigenvalue weighted by atomic mass is 10.1. The van der Waals surface area contributed by atoms with E-state index in [1.54, 1.807) is 43.3 Å². The first kappa shape index (κ1) is 28.9. The van der Waals surface area contributed by atoms with Gasteiger partial charge in [-0.1, -0.05) is 55.2 Å². The summed E-state index contributed by atoms with van der Waals surface area (Å²) in [5, 5.41) is 3.88. The highest BCUT2D eigenvalue weighted by Gasteiger charge is 2.26. The van der Waals surface area contributed by atoms with Crippen LogP contribution < -0.4 is 9.62 Å². The molecule has 0 radical (unpaired) electrons. The van der Waals surface area contributed by atoms with E-state index in [0.717, 1.165) is 11.8 Å². The lowest BCUT2D eigenvalue weighted by Gasteiger charge is -2.29. The largest absolute Gasteiger partial charge is 0.354 e. The van der Waals surface area contributed by atoms with E-state index in [0.29, 0.717) is 22.3 Å². The summed E-state index contributed by atoms with van der Waals surface area (Å²) in [5.41, 5.74) is 1.27. The third-order valence-corrected chi connectivity index (χ3v) is 7.05. The van der Waals surface area contributed by atoms with Gasteiger partial charge in [0, 0.05) is 36.1 Å². The van der Waals surface area contributed by atoms with Crippen molar-refractivity contribution in [3.05, 3.63) is 64.1 Å². The molecule has 0 bridgehead atoms. The SMILES string of the molecule is CC(C)CNC(=O)C(C)N(Cc1ccc(Cl)cc1)C(=O)CCCN(c1cccc(Cl)c1)S(C)(=O)=O. The Labute approximate surface area is 218 Å². The Morgan fingerprint density at radius 3 is 2.23 bits per heavy atom. The van der Waals surface area contributed by atoms with Crippen molar-refractivity contribution in [2.24, 2.45) is 5.92 Å². The molecule has 1 atom stereocenters. The van der Waals surface area contributed by atoms with Gasteiger partial charge in [-0.25, -0.2) is 8.42 Å². The normalized spacial score (nSPS) is 12.3. The number of rotatable bonds is 12. The maximum atomic E-state index is 13.3. The fourth-order valence-corrected chi connectivity index (χ4v) is 4.72. The summed E-state index contributed by atoms with van der Waals surface area (Å²) < 4.78 is 26.0. The van der Waals surface area contributed by atoms with Crippen molar-refractivity contribution >= 4 is 50.7 Å². The van der Waals surface area contributed by atoms with E-state index in [-0.39, 0.29) is 43.7 Å². The maximum Gasteiger partial charge on any atom is 0.242 e. The second kappa shape index (κ2) is 13.1. The van der Waals surface area contributed by atoms with E-state index in [9.17, 15) is 18.0 Å². The average Bonchev–Trinajstić information content (AvgIpc) is 2.78. The zero-order valence-corrected chi connectivity index (χ0v) is 22.8. The van der Waals surface area contributed by atoms with Gasteiger partial charge in [0.15, 0.2) is 0 Å². The van der Waals surface area contributed by atoms with E-state index in [1.807, 2.05) is 26.0 Å². The number of nitrogens with zero attached hydrogens (tertiary/aromatic N) is 2. The molecule has 1 N–H and O–H groups in total. The standard InChI is InChI=1S/C25H33Cl2N3O4S/c1-18(2)16-28-25(32)19(3)29(17-20-10-12-21(26)13-11-20)24(31)9-6-14-30(35(4,33)34)23-8-5-7-22(27)15-23/h5,7-8,10-13,15,18-19H,6,9,14,16-17H2,1-4H3,(H,28,32). The van der Waals surface area contributed by atoms with Crippen molar-refractivity contribution < 1.29 is 18.0 Å². The van der Waals surface area contributed by atoms with Gasteiger partial charge in [-0.15, -0.1) is 0 Å². The Morgan fingerprint density at radius 2 is 1.66 bits per heavy atom. The van der Waals surface area contributed by atoms with Gasteiger partial charge in [0.25, 0.3) is 0 Å². The number of carbonyl (C=O) groups is 2. The molecule has 7 nitrogen and oxygen atoms in total. The van der Waals surface area contributed by atoms with Gasteiger partial charge >= 0.3 is 0 Å². The number of anilines is 1. The van der Waals surface area contributed by atoms with Crippen molar-refractivity contribution in [1.29, 1.82) is 0 Å². The second-order valence-electron chi connectivity index (χ2n) is 8.88. The van der Waals surface area contributed by atoms with Crippen LogP contribution in [0.5, 0.6) is 0 Å². The van der Waals surface area contributed by atoms with Crippen LogP contribution in [-0.4, -0.2) is 50.5 Å². The van der Waals surface area contributed by atoms with E-state index >= 15 is 0 Å². The lowest BCUT2D eigenvalue weighted by molar-refractivity contribution is -0.140. The van der Waals surface area contributed by atoms with E-state index in [2.05, 4.69) is 5.32 Å². The molecular weight excluding hydrogens is 509 g/mol. The molecule has 192 valence electrons. The minimum atomic E-state index is -3.58. The van der Waals surface area contributed by atoms with Gasteiger partial charge in [0.2, 0.25) is 21.8 Å². The first-order chi connectivity index (χ1) is 16.4. The third-order valence-electron chi connectivity index (χ3n) is 5.37. The summed E-state index contributed by atoms with van der Waals surface area (Å²) in [5.74, 6) is -0.204. The number of amides is 2. The molecule has 0 heterocycles. The Hall–Kier alpha value is -2.29. The van der Waals surface area contributed by atoms with Crippen LogP contribution in [-0.2, 0) is 26.2 Å². The van der Waals surface area contributed by atoms with Gasteiger partial charge in [0.1, 0.15) is 6.04 Å². The molecule has 10 heteroatoms. The predicted molar refractivity (Wildman–Crippen MR) is 142 cm³/mol. The number of nitrogens with one attached hydrogen (secondary N) is 1. The van der Waals surface area contributed by atoms with Crippen LogP contribution in [0.25, 0.3) is 0 Å². The average molecular weight is 543 g/mol. The topological polar surface area (TPSA) is 86.8 Å². The van der Waals surface area contributed by atoms with E-state index in [1.165, 1.54) is 9.21 Å². The number of hydrogen-bond donors (Lipinski definition) is 1. The fraction of sp³-hybridized carbons (Fsp3) is 0.440. The molecular formula is C25H33Cl2N3O4S. The summed E-state index contributed by atoms with van der Waals surface area (Å²) >= 11 is 12.0. The molecule has 2 aromatic rings. The van der Waals surface area contributed by atoms with Gasteiger partial charge in [-0.05, 0) is 55.2 Å². The van der Waals surface area contributed by atoms with Gasteiger partial charge < -0.3 is 10.2 Å². The first-order valence-electron chi connectivity index (χ1n) is 11.4. The summed E-state index contributed by atoms with van der Waals surface area (Å²) in [6, 6.07) is 13.0. The molecule has 0 saturated heterocycles. The molecule has 35 heavy (non-hydrogen) atoms. The van der Waals surface area contributed by atoms with Crippen molar-refractivity contribution in [1.82, 2.24) is 10.2 Å². The minimum absolute atomic E-state index is 0.0714. The summed E-state index contributed by atoms with van der Waals surface area (Å²) in [4.78, 5) is 27.5. The van der Waals surface area contributed by atoms with Crippen LogP contribution in [0.4, 0.5) is 5.69 Å². The van der Waals surface area contributed by atoms with Crippen LogP contribution >= 0.6 is 23.2 Å². The van der Waals surface area contributed by atoms with Crippen LogP contribution in [0, 0.1) is 5.92 Å². The fourth-order valence-electron chi connectivity index (χ4n) is 3.46. The molecule has 1 unspecified atom stereocenters. The summed E-state index contributed by atoms with van der Waals surface area (Å²) in [6.07, 6.45) is 1.46. The van der Waals surface area contributed by atoms with Crippen molar-refractivity contribution in [3.63, 3.8) is 0 Å². The lowest BCUT2D eigenvalue weighted by Crippen LogP contribution is -2.48. The van der Waals surface area contributed by atoms with Gasteiger partial charge in [-0.2, -0.15) is 0 Å². The van der Waals surface area contributed by atoms with Crippen molar-refractivity contribution in [2.45, 2.75) is 46.2 Å². The molecule has 2 aromatic carbocycles. The molecule has 0 aliphatic rings. The molecule has 2 rings (SSSR count). The minimum Gasteiger partial charge on any atom is -0.354 e. The Balaban J connectivity index is 2.15. The van der Waals surface area contributed by atoms with Crippen LogP contribution in [0.15, 0.2) is 48.5 Å².